The summed E-state index contributed by atoms with van der Waals surface area (Å²) in [6.07, 6.45) is 1.40. The topological polar surface area (TPSA) is 62.6 Å². The molecule has 1 aliphatic rings. The van der Waals surface area contributed by atoms with Gasteiger partial charge in [0.1, 0.15) is 17.1 Å². The first-order chi connectivity index (χ1) is 11.4. The molecule has 2 amide bonds. The summed E-state index contributed by atoms with van der Waals surface area (Å²) in [5.41, 5.74) is 1.16. The number of benzene rings is 1. The van der Waals surface area contributed by atoms with E-state index in [-0.39, 0.29) is 10.7 Å². The number of thiocarbonyl (C=S) groups is 1. The van der Waals surface area contributed by atoms with Crippen LogP contribution in [0.4, 0.5) is 5.69 Å². The van der Waals surface area contributed by atoms with Crippen LogP contribution in [-0.4, -0.2) is 16.9 Å². The molecule has 1 saturated heterocycles. The van der Waals surface area contributed by atoms with Gasteiger partial charge in [0.2, 0.25) is 0 Å². The highest BCUT2D eigenvalue weighted by atomic mass is 35.5. The molecule has 24 heavy (non-hydrogen) atoms. The molecular weight excluding hydrogens is 348 g/mol. The second-order valence-electron chi connectivity index (χ2n) is 5.29. The number of carbonyl (C=O) groups excluding carboxylic acids is 2. The maximum Gasteiger partial charge on any atom is 0.270 e. The minimum atomic E-state index is -0.560. The maximum atomic E-state index is 12.8. The molecule has 0 bridgehead atoms. The van der Waals surface area contributed by atoms with Crippen LogP contribution in [0.25, 0.3) is 6.08 Å². The number of carbonyl (C=O) groups is 2. The molecule has 0 saturated carbocycles. The second-order valence-corrected chi connectivity index (χ2v) is 6.08. The second kappa shape index (κ2) is 6.22. The smallest absolute Gasteiger partial charge is 0.270 e. The molecule has 0 aliphatic carbocycles. The Hall–Kier alpha value is -2.44. The van der Waals surface area contributed by atoms with Gasteiger partial charge in [-0.2, -0.15) is 0 Å². The molecule has 1 fully saturated rings. The predicted octanol–water partition coefficient (Wildman–Crippen LogP) is 3.38. The van der Waals surface area contributed by atoms with Crippen molar-refractivity contribution in [1.82, 2.24) is 5.32 Å². The molecule has 122 valence electrons. The zero-order chi connectivity index (χ0) is 17.4. The lowest BCUT2D eigenvalue weighted by Gasteiger charge is -2.30. The van der Waals surface area contributed by atoms with Crippen molar-refractivity contribution >= 4 is 52.5 Å². The summed E-state index contributed by atoms with van der Waals surface area (Å²) in [4.78, 5) is 26.3. The van der Waals surface area contributed by atoms with Gasteiger partial charge in [0.25, 0.3) is 11.8 Å². The van der Waals surface area contributed by atoms with E-state index in [1.54, 1.807) is 44.2 Å². The molecule has 1 aliphatic heterocycles. The number of furan rings is 1. The zero-order valence-corrected chi connectivity index (χ0v) is 14.5. The third-order valence-electron chi connectivity index (χ3n) is 3.63. The molecule has 3 rings (SSSR count). The number of aryl methyl sites for hydroxylation is 1. The molecule has 2 aromatic rings. The number of amides is 2. The number of halogens is 1. The molecule has 1 aromatic heterocycles. The van der Waals surface area contributed by atoms with E-state index in [1.165, 1.54) is 11.0 Å². The molecule has 7 heteroatoms. The van der Waals surface area contributed by atoms with Gasteiger partial charge in [0.15, 0.2) is 5.11 Å². The molecule has 0 unspecified atom stereocenters. The van der Waals surface area contributed by atoms with Crippen molar-refractivity contribution in [3.63, 3.8) is 0 Å². The van der Waals surface area contributed by atoms with Crippen molar-refractivity contribution < 1.29 is 14.0 Å². The average Bonchev–Trinajstić information content (AvgIpc) is 2.93. The van der Waals surface area contributed by atoms with Crippen molar-refractivity contribution in [3.8, 4) is 0 Å². The van der Waals surface area contributed by atoms with Crippen LogP contribution >= 0.6 is 23.8 Å². The van der Waals surface area contributed by atoms with Crippen molar-refractivity contribution in [2.45, 2.75) is 13.8 Å². The number of rotatable bonds is 2. The summed E-state index contributed by atoms with van der Waals surface area (Å²) in [7, 11) is 0. The molecular formula is C17H13ClN2O3S. The van der Waals surface area contributed by atoms with Gasteiger partial charge >= 0.3 is 0 Å². The third-order valence-corrected chi connectivity index (χ3v) is 4.32. The predicted molar refractivity (Wildman–Crippen MR) is 95.8 cm³/mol. The Labute approximate surface area is 148 Å². The Kier molecular flexibility index (Phi) is 4.26. The van der Waals surface area contributed by atoms with Crippen LogP contribution in [-0.2, 0) is 9.59 Å². The summed E-state index contributed by atoms with van der Waals surface area (Å²) in [6.45, 7) is 3.56. The van der Waals surface area contributed by atoms with Gasteiger partial charge in [-0.15, -0.1) is 0 Å². The van der Waals surface area contributed by atoms with E-state index < -0.39 is 11.8 Å². The van der Waals surface area contributed by atoms with Gasteiger partial charge in [-0.05, 0) is 62.0 Å². The Morgan fingerprint density at radius 2 is 1.96 bits per heavy atom. The summed E-state index contributed by atoms with van der Waals surface area (Å²) >= 11 is 11.3. The normalized spacial score (nSPS) is 16.7. The average molecular weight is 361 g/mol. The monoisotopic (exact) mass is 360 g/mol. The van der Waals surface area contributed by atoms with Gasteiger partial charge in [-0.3, -0.25) is 19.8 Å². The van der Waals surface area contributed by atoms with E-state index in [4.69, 9.17) is 28.2 Å². The first kappa shape index (κ1) is 16.4. The van der Waals surface area contributed by atoms with Crippen molar-refractivity contribution in [2.24, 2.45) is 0 Å². The lowest BCUT2D eigenvalue weighted by Crippen LogP contribution is -2.54. The van der Waals surface area contributed by atoms with Crippen molar-refractivity contribution in [1.29, 1.82) is 0 Å². The SMILES string of the molecule is Cc1ccc(C=C2C(=O)NC(=S)N(c3cccc(Cl)c3C)C2=O)o1. The van der Waals surface area contributed by atoms with Crippen LogP contribution in [0.2, 0.25) is 5.02 Å². The molecule has 0 atom stereocenters. The van der Waals surface area contributed by atoms with Crippen molar-refractivity contribution in [2.75, 3.05) is 4.90 Å². The van der Waals surface area contributed by atoms with Crippen LogP contribution in [0.1, 0.15) is 17.1 Å². The standard InChI is InChI=1S/C17H13ClN2O3S/c1-9-6-7-11(23-9)8-12-15(21)19-17(24)20(16(12)22)14-5-3-4-13(18)10(14)2/h3-8H,1-2H3,(H,19,21,24). The lowest BCUT2D eigenvalue weighted by atomic mass is 10.1. The number of nitrogens with zero attached hydrogens (tertiary/aromatic N) is 1. The van der Waals surface area contributed by atoms with Crippen LogP contribution in [0.3, 0.4) is 0 Å². The lowest BCUT2D eigenvalue weighted by molar-refractivity contribution is -0.122. The van der Waals surface area contributed by atoms with E-state index in [2.05, 4.69) is 5.32 Å². The summed E-state index contributed by atoms with van der Waals surface area (Å²) in [5, 5.41) is 3.05. The van der Waals surface area contributed by atoms with Gasteiger partial charge in [0.05, 0.1) is 5.69 Å². The maximum absolute atomic E-state index is 12.8. The fourth-order valence-corrected chi connectivity index (χ4v) is 2.83. The van der Waals surface area contributed by atoms with Crippen LogP contribution < -0.4 is 10.2 Å². The van der Waals surface area contributed by atoms with E-state index in [9.17, 15) is 9.59 Å². The Bertz CT molecular complexity index is 901. The van der Waals surface area contributed by atoms with Gasteiger partial charge in [0, 0.05) is 5.02 Å². The highest BCUT2D eigenvalue weighted by Crippen LogP contribution is 2.29. The summed E-state index contributed by atoms with van der Waals surface area (Å²) in [6, 6.07) is 8.60. The summed E-state index contributed by atoms with van der Waals surface area (Å²) < 4.78 is 5.41. The van der Waals surface area contributed by atoms with E-state index in [1.807, 2.05) is 0 Å². The first-order valence-corrected chi connectivity index (χ1v) is 7.90. The first-order valence-electron chi connectivity index (χ1n) is 7.11. The fraction of sp³-hybridized carbons (Fsp3) is 0.118. The number of hydrogen-bond donors (Lipinski definition) is 1. The van der Waals surface area contributed by atoms with Gasteiger partial charge < -0.3 is 4.42 Å². The van der Waals surface area contributed by atoms with Gasteiger partial charge in [-0.25, -0.2) is 0 Å². The number of hydrogen-bond acceptors (Lipinski definition) is 4. The highest BCUT2D eigenvalue weighted by molar-refractivity contribution is 7.80. The molecule has 1 N–H and O–H groups in total. The Balaban J connectivity index is 2.06. The van der Waals surface area contributed by atoms with Crippen LogP contribution in [0, 0.1) is 13.8 Å². The molecule has 1 aromatic carbocycles. The summed E-state index contributed by atoms with van der Waals surface area (Å²) in [5.74, 6) is 0.0170. The Morgan fingerprint density at radius 1 is 1.21 bits per heavy atom. The molecule has 5 nitrogen and oxygen atoms in total. The van der Waals surface area contributed by atoms with Crippen molar-refractivity contribution in [3.05, 3.63) is 58.0 Å². The number of nitrogens with one attached hydrogen (secondary N) is 1. The third kappa shape index (κ3) is 2.86. The highest BCUT2D eigenvalue weighted by Gasteiger charge is 2.35. The van der Waals surface area contributed by atoms with E-state index in [0.29, 0.717) is 27.8 Å². The largest absolute Gasteiger partial charge is 0.462 e. The molecule has 2 heterocycles. The van der Waals surface area contributed by atoms with Gasteiger partial charge in [-0.1, -0.05) is 17.7 Å². The fourth-order valence-electron chi connectivity index (χ4n) is 2.39. The molecule has 0 radical (unpaired) electrons. The van der Waals surface area contributed by atoms with Crippen LogP contribution in [0.5, 0.6) is 0 Å². The van der Waals surface area contributed by atoms with E-state index in [0.717, 1.165) is 0 Å². The van der Waals surface area contributed by atoms with Crippen LogP contribution in [0.15, 0.2) is 40.3 Å². The number of anilines is 1. The van der Waals surface area contributed by atoms with E-state index >= 15 is 0 Å². The quantitative estimate of drug-likeness (QED) is 0.506. The molecule has 0 spiro atoms. The minimum Gasteiger partial charge on any atom is -0.462 e. The zero-order valence-electron chi connectivity index (χ0n) is 12.9. The Morgan fingerprint density at radius 3 is 2.62 bits per heavy atom. The minimum absolute atomic E-state index is 0.0168.